The minimum Gasteiger partial charge on any atom is -0.443 e. The number of nitrogens with one attached hydrogen (secondary N) is 1. The summed E-state index contributed by atoms with van der Waals surface area (Å²) in [5.74, 6) is -0.168. The van der Waals surface area contributed by atoms with Crippen molar-refractivity contribution in [1.82, 2.24) is 14.8 Å². The first-order chi connectivity index (χ1) is 11.1. The Hall–Kier alpha value is -2.63. The van der Waals surface area contributed by atoms with Gasteiger partial charge in [-0.1, -0.05) is 13.8 Å². The molecule has 120 valence electrons. The predicted octanol–water partition coefficient (Wildman–Crippen LogP) is 3.95. The van der Waals surface area contributed by atoms with Crippen molar-refractivity contribution in [3.63, 3.8) is 0 Å². The lowest BCUT2D eigenvalue weighted by atomic mass is 10.1. The highest BCUT2D eigenvalue weighted by atomic mass is 16.3. The first-order valence-corrected chi connectivity index (χ1v) is 7.82. The average Bonchev–Trinajstić information content (AvgIpc) is 3.15. The van der Waals surface area contributed by atoms with Gasteiger partial charge in [-0.2, -0.15) is 5.10 Å². The van der Waals surface area contributed by atoms with E-state index in [9.17, 15) is 4.79 Å². The fraction of sp³-hybridized carbons (Fsp3) is 0.353. The minimum atomic E-state index is -0.168. The molecule has 0 radical (unpaired) electrons. The molecule has 0 aliphatic carbocycles. The van der Waals surface area contributed by atoms with Crippen LogP contribution in [0.25, 0.3) is 11.1 Å². The molecule has 3 aromatic rings. The molecule has 1 N–H and O–H groups in total. The number of fused-ring (bicyclic) bond motifs is 1. The Morgan fingerprint density at radius 3 is 2.87 bits per heavy atom. The van der Waals surface area contributed by atoms with E-state index in [4.69, 9.17) is 4.42 Å². The molecule has 0 saturated carbocycles. The molecule has 1 amide bonds. The Labute approximate surface area is 134 Å². The van der Waals surface area contributed by atoms with Crippen molar-refractivity contribution in [2.75, 3.05) is 5.32 Å². The second kappa shape index (κ2) is 6.24. The van der Waals surface area contributed by atoms with Crippen molar-refractivity contribution in [2.45, 2.75) is 39.7 Å². The molecule has 0 bridgehead atoms. The molecule has 0 unspecified atom stereocenters. The quantitative estimate of drug-likeness (QED) is 0.774. The van der Waals surface area contributed by atoms with Gasteiger partial charge in [0.25, 0.3) is 5.91 Å². The molecule has 6 nitrogen and oxygen atoms in total. The molecule has 0 spiro atoms. The summed E-state index contributed by atoms with van der Waals surface area (Å²) in [5.41, 5.74) is 3.56. The molecule has 3 rings (SSSR count). The highest BCUT2D eigenvalue weighted by Gasteiger charge is 2.18. The fourth-order valence-corrected chi connectivity index (χ4v) is 2.78. The van der Waals surface area contributed by atoms with Crippen LogP contribution < -0.4 is 5.32 Å². The topological polar surface area (TPSA) is 73.0 Å². The van der Waals surface area contributed by atoms with Crippen molar-refractivity contribution < 1.29 is 9.21 Å². The fourth-order valence-electron chi connectivity index (χ4n) is 2.78. The van der Waals surface area contributed by atoms with Gasteiger partial charge in [-0.25, -0.2) is 4.98 Å². The van der Waals surface area contributed by atoms with Crippen LogP contribution in [0.1, 0.15) is 48.8 Å². The van der Waals surface area contributed by atoms with E-state index in [0.717, 1.165) is 24.1 Å². The Balaban J connectivity index is 1.83. The maximum Gasteiger partial charge on any atom is 0.259 e. The number of hydrogen-bond acceptors (Lipinski definition) is 4. The number of nitrogens with zero attached hydrogens (tertiary/aromatic N) is 3. The van der Waals surface area contributed by atoms with Gasteiger partial charge in [0.05, 0.1) is 17.8 Å². The van der Waals surface area contributed by atoms with Gasteiger partial charge in [-0.05, 0) is 31.9 Å². The van der Waals surface area contributed by atoms with Gasteiger partial charge < -0.3 is 9.73 Å². The Kier molecular flexibility index (Phi) is 4.14. The van der Waals surface area contributed by atoms with E-state index in [1.54, 1.807) is 12.3 Å². The monoisotopic (exact) mass is 312 g/mol. The maximum atomic E-state index is 12.5. The van der Waals surface area contributed by atoms with E-state index in [-0.39, 0.29) is 5.91 Å². The van der Waals surface area contributed by atoms with E-state index < -0.39 is 0 Å². The van der Waals surface area contributed by atoms with E-state index >= 15 is 0 Å². The van der Waals surface area contributed by atoms with Gasteiger partial charge in [-0.3, -0.25) is 9.48 Å². The number of amides is 1. The lowest BCUT2D eigenvalue weighted by Gasteiger charge is -2.15. The number of hydrogen-bond donors (Lipinski definition) is 1. The number of rotatable bonds is 5. The largest absolute Gasteiger partial charge is 0.443 e. The number of carbonyl (C=O) groups excluding carboxylic acids is 1. The number of oxazole rings is 1. The number of benzene rings is 1. The van der Waals surface area contributed by atoms with E-state index in [0.29, 0.717) is 22.9 Å². The number of aromatic nitrogens is 3. The smallest absolute Gasteiger partial charge is 0.259 e. The Morgan fingerprint density at radius 1 is 1.35 bits per heavy atom. The molecule has 1 aromatic carbocycles. The van der Waals surface area contributed by atoms with Crippen LogP contribution >= 0.6 is 0 Å². The van der Waals surface area contributed by atoms with Gasteiger partial charge >= 0.3 is 0 Å². The summed E-state index contributed by atoms with van der Waals surface area (Å²) in [6.45, 7) is 6.18. The van der Waals surface area contributed by atoms with E-state index in [2.05, 4.69) is 29.2 Å². The molecule has 0 aliphatic rings. The zero-order valence-electron chi connectivity index (χ0n) is 13.5. The van der Waals surface area contributed by atoms with Crippen LogP contribution in [-0.4, -0.2) is 20.7 Å². The third-order valence-corrected chi connectivity index (χ3v) is 4.17. The van der Waals surface area contributed by atoms with Crippen molar-refractivity contribution in [1.29, 1.82) is 0 Å². The normalized spacial score (nSPS) is 11.3. The molecule has 6 heteroatoms. The number of anilines is 1. The maximum absolute atomic E-state index is 12.5. The van der Waals surface area contributed by atoms with Gasteiger partial charge in [-0.15, -0.1) is 0 Å². The van der Waals surface area contributed by atoms with Crippen LogP contribution in [0.15, 0.2) is 35.2 Å². The number of carbonyl (C=O) groups is 1. The summed E-state index contributed by atoms with van der Waals surface area (Å²) < 4.78 is 7.19. The predicted molar refractivity (Wildman–Crippen MR) is 88.5 cm³/mol. The summed E-state index contributed by atoms with van der Waals surface area (Å²) >= 11 is 0. The summed E-state index contributed by atoms with van der Waals surface area (Å²) in [6, 6.07) is 5.71. The van der Waals surface area contributed by atoms with Gasteiger partial charge in [0, 0.05) is 17.4 Å². The first kappa shape index (κ1) is 15.3. The Bertz CT molecular complexity index is 830. The van der Waals surface area contributed by atoms with Gasteiger partial charge in [0.15, 0.2) is 12.0 Å². The zero-order chi connectivity index (χ0) is 16.4. The molecule has 0 fully saturated rings. The van der Waals surface area contributed by atoms with Crippen LogP contribution in [0, 0.1) is 6.92 Å². The summed E-state index contributed by atoms with van der Waals surface area (Å²) in [7, 11) is 0. The summed E-state index contributed by atoms with van der Waals surface area (Å²) in [5, 5.41) is 7.28. The lowest BCUT2D eigenvalue weighted by molar-refractivity contribution is 0.102. The molecule has 23 heavy (non-hydrogen) atoms. The average molecular weight is 312 g/mol. The zero-order valence-corrected chi connectivity index (χ0v) is 13.5. The van der Waals surface area contributed by atoms with Crippen LogP contribution in [0.5, 0.6) is 0 Å². The third kappa shape index (κ3) is 2.84. The first-order valence-electron chi connectivity index (χ1n) is 7.82. The summed E-state index contributed by atoms with van der Waals surface area (Å²) in [4.78, 5) is 16.6. The molecule has 2 aromatic heterocycles. The molecule has 0 atom stereocenters. The van der Waals surface area contributed by atoms with Crippen molar-refractivity contribution >= 4 is 22.7 Å². The van der Waals surface area contributed by atoms with Crippen molar-refractivity contribution in [2.24, 2.45) is 0 Å². The highest BCUT2D eigenvalue weighted by Crippen LogP contribution is 2.21. The SMILES string of the molecule is CCC(CC)n1ncc(C(=O)Nc2ccc3ncoc3c2)c1C. The van der Waals surface area contributed by atoms with Gasteiger partial charge in [0.1, 0.15) is 5.52 Å². The Morgan fingerprint density at radius 2 is 2.13 bits per heavy atom. The van der Waals surface area contributed by atoms with Crippen LogP contribution in [0.2, 0.25) is 0 Å². The van der Waals surface area contributed by atoms with Crippen LogP contribution in [0.3, 0.4) is 0 Å². The molecular weight excluding hydrogens is 292 g/mol. The highest BCUT2D eigenvalue weighted by molar-refractivity contribution is 6.05. The molecule has 0 aliphatic heterocycles. The standard InChI is InChI=1S/C17H20N4O2/c1-4-13(5-2)21-11(3)14(9-19-21)17(22)20-12-6-7-15-16(8-12)23-10-18-15/h6-10,13H,4-5H2,1-3H3,(H,20,22). The molecule has 0 saturated heterocycles. The van der Waals surface area contributed by atoms with Crippen molar-refractivity contribution in [3.05, 3.63) is 42.0 Å². The molecular formula is C17H20N4O2. The second-order valence-corrected chi connectivity index (χ2v) is 5.55. The minimum absolute atomic E-state index is 0.168. The van der Waals surface area contributed by atoms with Crippen LogP contribution in [-0.2, 0) is 0 Å². The second-order valence-electron chi connectivity index (χ2n) is 5.55. The van der Waals surface area contributed by atoms with Crippen LogP contribution in [0.4, 0.5) is 5.69 Å². The van der Waals surface area contributed by atoms with E-state index in [1.807, 2.05) is 23.7 Å². The van der Waals surface area contributed by atoms with Gasteiger partial charge in [0.2, 0.25) is 0 Å². The lowest BCUT2D eigenvalue weighted by Crippen LogP contribution is -2.15. The van der Waals surface area contributed by atoms with Crippen molar-refractivity contribution in [3.8, 4) is 0 Å². The van der Waals surface area contributed by atoms with E-state index in [1.165, 1.54) is 6.39 Å². The summed E-state index contributed by atoms with van der Waals surface area (Å²) in [6.07, 6.45) is 5.00. The molecule has 2 heterocycles. The third-order valence-electron chi connectivity index (χ3n) is 4.17.